The van der Waals surface area contributed by atoms with Crippen molar-refractivity contribution < 1.29 is 23.9 Å². The van der Waals surface area contributed by atoms with Crippen LogP contribution in [0.4, 0.5) is 10.1 Å². The van der Waals surface area contributed by atoms with E-state index in [1.807, 2.05) is 0 Å². The zero-order valence-corrected chi connectivity index (χ0v) is 9.82. The number of carboxylic acids is 1. The number of benzene rings is 1. The Morgan fingerprint density at radius 1 is 1.41 bits per heavy atom. The quantitative estimate of drug-likeness (QED) is 0.833. The second-order valence-electron chi connectivity index (χ2n) is 3.40. The Kier molecular flexibility index (Phi) is 2.70. The fraction of sp³-hybridized carbons (Fsp3) is 0.100. The first-order valence-electron chi connectivity index (χ1n) is 4.49. The monoisotopic (exact) mass is 301 g/mol. The van der Waals surface area contributed by atoms with Gasteiger partial charge in [0, 0.05) is 4.47 Å². The number of anilines is 1. The molecule has 0 unspecified atom stereocenters. The van der Waals surface area contributed by atoms with E-state index in [0.29, 0.717) is 0 Å². The van der Waals surface area contributed by atoms with Gasteiger partial charge in [0.15, 0.2) is 0 Å². The standard InChI is InChI=1S/C10H5BrFNO4/c11-6-2-4(12)1-5-8(6)13(3-7(14)15)10(17)9(5)16/h1-2H,3H2,(H,14,15). The highest BCUT2D eigenvalue weighted by Crippen LogP contribution is 2.36. The van der Waals surface area contributed by atoms with E-state index in [1.165, 1.54) is 0 Å². The van der Waals surface area contributed by atoms with Crippen molar-refractivity contribution in [1.29, 1.82) is 0 Å². The molecule has 0 aromatic heterocycles. The molecule has 0 fully saturated rings. The molecule has 0 bridgehead atoms. The lowest BCUT2D eigenvalue weighted by molar-refractivity contribution is -0.136. The van der Waals surface area contributed by atoms with Crippen molar-refractivity contribution >= 4 is 39.3 Å². The van der Waals surface area contributed by atoms with Gasteiger partial charge >= 0.3 is 5.97 Å². The molecule has 1 aliphatic rings. The number of rotatable bonds is 2. The maximum absolute atomic E-state index is 13.1. The average molecular weight is 302 g/mol. The first-order valence-corrected chi connectivity index (χ1v) is 5.28. The number of Topliss-reactive ketones (excluding diaryl/α,β-unsaturated/α-hetero) is 1. The fourth-order valence-corrected chi connectivity index (χ4v) is 2.29. The lowest BCUT2D eigenvalue weighted by atomic mass is 10.1. The largest absolute Gasteiger partial charge is 0.480 e. The minimum absolute atomic E-state index is 0.101. The molecule has 1 N–H and O–H groups in total. The molecule has 0 spiro atoms. The van der Waals surface area contributed by atoms with E-state index in [2.05, 4.69) is 15.9 Å². The van der Waals surface area contributed by atoms with Gasteiger partial charge < -0.3 is 5.11 Å². The van der Waals surface area contributed by atoms with E-state index in [1.54, 1.807) is 0 Å². The molecule has 7 heteroatoms. The molecule has 0 saturated carbocycles. The number of ketones is 1. The summed E-state index contributed by atoms with van der Waals surface area (Å²) in [6, 6.07) is 1.99. The van der Waals surface area contributed by atoms with Crippen LogP contribution < -0.4 is 4.90 Å². The molecular weight excluding hydrogens is 297 g/mol. The van der Waals surface area contributed by atoms with Crippen LogP contribution in [0.1, 0.15) is 10.4 Å². The molecule has 1 amide bonds. The van der Waals surface area contributed by atoms with Crippen molar-refractivity contribution in [2.45, 2.75) is 0 Å². The zero-order chi connectivity index (χ0) is 12.7. The number of aliphatic carboxylic acids is 1. The predicted molar refractivity (Wildman–Crippen MR) is 58.4 cm³/mol. The third kappa shape index (κ3) is 1.82. The van der Waals surface area contributed by atoms with E-state index in [4.69, 9.17) is 5.11 Å². The van der Waals surface area contributed by atoms with Gasteiger partial charge in [-0.05, 0) is 28.1 Å². The van der Waals surface area contributed by atoms with Crippen LogP contribution in [-0.4, -0.2) is 29.3 Å². The predicted octanol–water partition coefficient (Wildman–Crippen LogP) is 1.20. The summed E-state index contributed by atoms with van der Waals surface area (Å²) in [5, 5.41) is 8.65. The number of amides is 1. The molecule has 5 nitrogen and oxygen atoms in total. The number of carbonyl (C=O) groups excluding carboxylic acids is 2. The summed E-state index contributed by atoms with van der Waals surface area (Å²) in [4.78, 5) is 34.5. The Balaban J connectivity index is 2.60. The van der Waals surface area contributed by atoms with E-state index in [0.717, 1.165) is 17.0 Å². The molecule has 0 saturated heterocycles. The Morgan fingerprint density at radius 3 is 2.65 bits per heavy atom. The minimum Gasteiger partial charge on any atom is -0.480 e. The van der Waals surface area contributed by atoms with E-state index < -0.39 is 30.0 Å². The summed E-state index contributed by atoms with van der Waals surface area (Å²) in [7, 11) is 0. The van der Waals surface area contributed by atoms with Crippen molar-refractivity contribution in [2.75, 3.05) is 11.4 Å². The lowest BCUT2D eigenvalue weighted by Gasteiger charge is -2.14. The highest BCUT2D eigenvalue weighted by atomic mass is 79.9. The van der Waals surface area contributed by atoms with Crippen molar-refractivity contribution in [1.82, 2.24) is 0 Å². The molecule has 2 rings (SSSR count). The number of halogens is 2. The van der Waals surface area contributed by atoms with Gasteiger partial charge in [0.25, 0.3) is 11.7 Å². The van der Waals surface area contributed by atoms with E-state index in [9.17, 15) is 18.8 Å². The molecule has 1 aromatic rings. The number of carboxylic acid groups (broad SMARTS) is 1. The smallest absolute Gasteiger partial charge is 0.323 e. The summed E-state index contributed by atoms with van der Waals surface area (Å²) in [6.07, 6.45) is 0. The summed E-state index contributed by atoms with van der Waals surface area (Å²) >= 11 is 3.00. The summed E-state index contributed by atoms with van der Waals surface area (Å²) < 4.78 is 13.3. The number of nitrogens with zero attached hydrogens (tertiary/aromatic N) is 1. The maximum Gasteiger partial charge on any atom is 0.323 e. The first-order chi connectivity index (χ1) is 7.91. The first kappa shape index (κ1) is 11.7. The van der Waals surface area contributed by atoms with Crippen LogP contribution in [0.25, 0.3) is 0 Å². The third-order valence-corrected chi connectivity index (χ3v) is 2.88. The zero-order valence-electron chi connectivity index (χ0n) is 8.24. The van der Waals surface area contributed by atoms with E-state index in [-0.39, 0.29) is 15.7 Å². The molecule has 88 valence electrons. The number of hydrogen-bond acceptors (Lipinski definition) is 3. The SMILES string of the molecule is O=C(O)CN1C(=O)C(=O)c2cc(F)cc(Br)c21. The molecule has 1 aromatic carbocycles. The second kappa shape index (κ2) is 3.92. The van der Waals surface area contributed by atoms with Crippen molar-refractivity contribution in [3.05, 3.63) is 28.0 Å². The highest BCUT2D eigenvalue weighted by Gasteiger charge is 2.38. The van der Waals surface area contributed by atoms with Crippen LogP contribution in [0.2, 0.25) is 0 Å². The second-order valence-corrected chi connectivity index (χ2v) is 4.25. The van der Waals surface area contributed by atoms with E-state index >= 15 is 0 Å². The molecule has 0 aliphatic carbocycles. The molecular formula is C10H5BrFNO4. The normalized spacial score (nSPS) is 14.1. The summed E-state index contributed by atoms with van der Waals surface area (Å²) in [5.74, 6) is -3.79. The van der Waals surface area contributed by atoms with Gasteiger partial charge in [-0.3, -0.25) is 19.3 Å². The van der Waals surface area contributed by atoms with Crippen molar-refractivity contribution in [3.63, 3.8) is 0 Å². The van der Waals surface area contributed by atoms with Gasteiger partial charge in [-0.25, -0.2) is 4.39 Å². The van der Waals surface area contributed by atoms with Crippen LogP contribution in [0.3, 0.4) is 0 Å². The Hall–Kier alpha value is -1.76. The fourth-order valence-electron chi connectivity index (χ4n) is 1.64. The van der Waals surface area contributed by atoms with Gasteiger partial charge in [0.2, 0.25) is 0 Å². The summed E-state index contributed by atoms with van der Waals surface area (Å²) in [6.45, 7) is -0.637. The molecule has 0 radical (unpaired) electrons. The Labute approximate surface area is 103 Å². The van der Waals surface area contributed by atoms with Gasteiger partial charge in [0.05, 0.1) is 11.3 Å². The Bertz CT molecular complexity index is 557. The molecule has 1 heterocycles. The van der Waals surface area contributed by atoms with Gasteiger partial charge in [-0.1, -0.05) is 0 Å². The van der Waals surface area contributed by atoms with Crippen LogP contribution in [0.15, 0.2) is 16.6 Å². The maximum atomic E-state index is 13.1. The number of hydrogen-bond donors (Lipinski definition) is 1. The average Bonchev–Trinajstić information content (AvgIpc) is 2.43. The third-order valence-electron chi connectivity index (χ3n) is 2.28. The van der Waals surface area contributed by atoms with Gasteiger partial charge in [-0.15, -0.1) is 0 Å². The molecule has 0 atom stereocenters. The van der Waals surface area contributed by atoms with Gasteiger partial charge in [0.1, 0.15) is 12.4 Å². The minimum atomic E-state index is -1.25. The Morgan fingerprint density at radius 2 is 2.06 bits per heavy atom. The topological polar surface area (TPSA) is 74.7 Å². The van der Waals surface area contributed by atoms with Gasteiger partial charge in [-0.2, -0.15) is 0 Å². The van der Waals surface area contributed by atoms with Crippen LogP contribution in [0.5, 0.6) is 0 Å². The van der Waals surface area contributed by atoms with Crippen molar-refractivity contribution in [2.24, 2.45) is 0 Å². The van der Waals surface area contributed by atoms with Crippen LogP contribution >= 0.6 is 15.9 Å². The summed E-state index contributed by atoms with van der Waals surface area (Å²) in [5.41, 5.74) is -0.0214. The molecule has 17 heavy (non-hydrogen) atoms. The lowest BCUT2D eigenvalue weighted by Crippen LogP contribution is -2.34. The number of carbonyl (C=O) groups is 3. The highest BCUT2D eigenvalue weighted by molar-refractivity contribution is 9.10. The number of fused-ring (bicyclic) bond motifs is 1. The van der Waals surface area contributed by atoms with Crippen LogP contribution in [-0.2, 0) is 9.59 Å². The molecule has 1 aliphatic heterocycles. The van der Waals surface area contributed by atoms with Crippen molar-refractivity contribution in [3.8, 4) is 0 Å². The van der Waals surface area contributed by atoms with Crippen LogP contribution in [0, 0.1) is 5.82 Å².